The van der Waals surface area contributed by atoms with Gasteiger partial charge in [0.1, 0.15) is 0 Å². The van der Waals surface area contributed by atoms with Gasteiger partial charge in [-0.2, -0.15) is 0 Å². The highest BCUT2D eigenvalue weighted by atomic mass is 16.2. The minimum Gasteiger partial charge on any atom is -0.375 e. The van der Waals surface area contributed by atoms with Crippen LogP contribution in [0.2, 0.25) is 0 Å². The van der Waals surface area contributed by atoms with Crippen LogP contribution in [0.5, 0.6) is 0 Å². The Morgan fingerprint density at radius 1 is 0.933 bits per heavy atom. The molecule has 1 aromatic heterocycles. The smallest absolute Gasteiger partial charge is 0.255 e. The number of pyridine rings is 1. The van der Waals surface area contributed by atoms with Crippen molar-refractivity contribution in [2.75, 3.05) is 30.4 Å². The number of amides is 2. The molecule has 0 aliphatic heterocycles. The van der Waals surface area contributed by atoms with Crippen molar-refractivity contribution < 1.29 is 9.59 Å². The van der Waals surface area contributed by atoms with E-state index in [-0.39, 0.29) is 11.8 Å². The van der Waals surface area contributed by atoms with Gasteiger partial charge in [-0.05, 0) is 49.2 Å². The number of carbonyl (C=O) groups is 2. The molecule has 2 amide bonds. The third-order valence-electron chi connectivity index (χ3n) is 4.85. The molecule has 2 N–H and O–H groups in total. The Bertz CT molecular complexity index is 991. The Labute approximate surface area is 177 Å². The van der Waals surface area contributed by atoms with Crippen LogP contribution >= 0.6 is 0 Å². The van der Waals surface area contributed by atoms with Crippen molar-refractivity contribution in [3.8, 4) is 0 Å². The summed E-state index contributed by atoms with van der Waals surface area (Å²) in [7, 11) is 2.03. The first-order valence-electron chi connectivity index (χ1n) is 9.91. The maximum atomic E-state index is 12.8. The van der Waals surface area contributed by atoms with Crippen molar-refractivity contribution in [3.05, 3.63) is 89.7 Å². The van der Waals surface area contributed by atoms with E-state index < -0.39 is 0 Å². The number of aromatic nitrogens is 1. The van der Waals surface area contributed by atoms with E-state index in [0.717, 1.165) is 24.2 Å². The van der Waals surface area contributed by atoms with Crippen LogP contribution in [-0.4, -0.2) is 36.9 Å². The number of carbonyl (C=O) groups excluding carboxylic acids is 2. The lowest BCUT2D eigenvalue weighted by molar-refractivity contribution is 0.0954. The van der Waals surface area contributed by atoms with Gasteiger partial charge in [0.05, 0.1) is 11.3 Å². The molecule has 0 aliphatic rings. The fraction of sp³-hybridized carbons (Fsp3) is 0.208. The van der Waals surface area contributed by atoms with Crippen LogP contribution in [0.1, 0.15) is 32.7 Å². The molecule has 1 heterocycles. The number of anilines is 2. The summed E-state index contributed by atoms with van der Waals surface area (Å²) in [6.07, 6.45) is 3.93. The van der Waals surface area contributed by atoms with Crippen LogP contribution in [0.4, 0.5) is 11.4 Å². The molecule has 154 valence electrons. The number of benzene rings is 2. The number of hydrogen-bond acceptors (Lipinski definition) is 4. The van der Waals surface area contributed by atoms with E-state index >= 15 is 0 Å². The van der Waals surface area contributed by atoms with Crippen LogP contribution in [0.15, 0.2) is 73.1 Å². The van der Waals surface area contributed by atoms with Gasteiger partial charge in [-0.15, -0.1) is 0 Å². The Balaban J connectivity index is 1.59. The molecular weight excluding hydrogens is 376 g/mol. The van der Waals surface area contributed by atoms with Gasteiger partial charge in [0.25, 0.3) is 11.8 Å². The van der Waals surface area contributed by atoms with Gasteiger partial charge in [-0.25, -0.2) is 0 Å². The predicted octanol–water partition coefficient (Wildman–Crippen LogP) is 3.90. The van der Waals surface area contributed by atoms with Crippen LogP contribution in [-0.2, 0) is 0 Å². The third kappa shape index (κ3) is 5.44. The monoisotopic (exact) mass is 402 g/mol. The second-order valence-corrected chi connectivity index (χ2v) is 7.05. The molecule has 0 saturated heterocycles. The highest BCUT2D eigenvalue weighted by Gasteiger charge is 2.16. The summed E-state index contributed by atoms with van der Waals surface area (Å²) in [5.74, 6) is -0.476. The van der Waals surface area contributed by atoms with E-state index in [2.05, 4.69) is 32.7 Å². The van der Waals surface area contributed by atoms with Gasteiger partial charge in [-0.3, -0.25) is 14.6 Å². The summed E-state index contributed by atoms with van der Waals surface area (Å²) < 4.78 is 0. The molecule has 6 heteroatoms. The van der Waals surface area contributed by atoms with Crippen LogP contribution in [0.25, 0.3) is 0 Å². The van der Waals surface area contributed by atoms with Crippen molar-refractivity contribution in [1.29, 1.82) is 0 Å². The maximum Gasteiger partial charge on any atom is 0.255 e. The quantitative estimate of drug-likeness (QED) is 0.561. The standard InChI is InChI=1S/C24H26N4O2/c1-18-8-6-11-21(22(18)27-23(29)19-12-15-25-16-13-19)24(30)26-14-7-17-28(2)20-9-4-3-5-10-20/h3-6,8-13,15-16H,7,14,17H2,1-2H3,(H,26,30)(H,27,29). The molecule has 0 spiro atoms. The Morgan fingerprint density at radius 2 is 1.67 bits per heavy atom. The molecule has 6 nitrogen and oxygen atoms in total. The SMILES string of the molecule is Cc1cccc(C(=O)NCCCN(C)c2ccccc2)c1NC(=O)c1ccncc1. The Kier molecular flexibility index (Phi) is 7.16. The fourth-order valence-corrected chi connectivity index (χ4v) is 3.14. The molecule has 0 aliphatic carbocycles. The van der Waals surface area contributed by atoms with Crippen molar-refractivity contribution in [2.24, 2.45) is 0 Å². The van der Waals surface area contributed by atoms with Crippen molar-refractivity contribution >= 4 is 23.2 Å². The number of para-hydroxylation sites is 2. The van der Waals surface area contributed by atoms with Gasteiger partial charge < -0.3 is 15.5 Å². The van der Waals surface area contributed by atoms with E-state index in [1.54, 1.807) is 30.6 Å². The minimum absolute atomic E-state index is 0.203. The van der Waals surface area contributed by atoms with Gasteiger partial charge in [0, 0.05) is 43.8 Å². The molecule has 0 unspecified atom stereocenters. The predicted molar refractivity (Wildman–Crippen MR) is 120 cm³/mol. The van der Waals surface area contributed by atoms with Gasteiger partial charge in [-0.1, -0.05) is 30.3 Å². The maximum absolute atomic E-state index is 12.8. The molecule has 3 aromatic rings. The lowest BCUT2D eigenvalue weighted by atomic mass is 10.1. The number of rotatable bonds is 8. The first-order valence-corrected chi connectivity index (χ1v) is 9.91. The topological polar surface area (TPSA) is 74.3 Å². The van der Waals surface area contributed by atoms with E-state index in [1.807, 2.05) is 44.3 Å². The molecule has 0 bridgehead atoms. The number of hydrogen-bond donors (Lipinski definition) is 2. The second kappa shape index (κ2) is 10.2. The van der Waals surface area contributed by atoms with Gasteiger partial charge >= 0.3 is 0 Å². The van der Waals surface area contributed by atoms with Crippen LogP contribution in [0, 0.1) is 6.92 Å². The molecule has 3 rings (SSSR count). The average Bonchev–Trinajstić information content (AvgIpc) is 2.78. The van der Waals surface area contributed by atoms with E-state index in [9.17, 15) is 9.59 Å². The first kappa shape index (κ1) is 21.0. The van der Waals surface area contributed by atoms with Gasteiger partial charge in [0.15, 0.2) is 0 Å². The molecule has 0 atom stereocenters. The van der Waals surface area contributed by atoms with Crippen LogP contribution in [0.3, 0.4) is 0 Å². The Hall–Kier alpha value is -3.67. The normalized spacial score (nSPS) is 10.3. The second-order valence-electron chi connectivity index (χ2n) is 7.05. The highest BCUT2D eigenvalue weighted by molar-refractivity contribution is 6.09. The van der Waals surface area contributed by atoms with E-state index in [1.165, 1.54) is 0 Å². The zero-order chi connectivity index (χ0) is 21.3. The summed E-state index contributed by atoms with van der Waals surface area (Å²) >= 11 is 0. The van der Waals surface area contributed by atoms with Crippen LogP contribution < -0.4 is 15.5 Å². The van der Waals surface area contributed by atoms with Crippen molar-refractivity contribution in [3.63, 3.8) is 0 Å². The summed E-state index contributed by atoms with van der Waals surface area (Å²) in [4.78, 5) is 31.4. The average molecular weight is 402 g/mol. The summed E-state index contributed by atoms with van der Waals surface area (Å²) in [6.45, 7) is 3.24. The number of aryl methyl sites for hydroxylation is 1. The molecule has 0 saturated carbocycles. The molecule has 30 heavy (non-hydrogen) atoms. The summed E-state index contributed by atoms with van der Waals surface area (Å²) in [6, 6.07) is 18.8. The summed E-state index contributed by atoms with van der Waals surface area (Å²) in [5, 5.41) is 5.83. The minimum atomic E-state index is -0.273. The zero-order valence-corrected chi connectivity index (χ0v) is 17.3. The zero-order valence-electron chi connectivity index (χ0n) is 17.3. The highest BCUT2D eigenvalue weighted by Crippen LogP contribution is 2.21. The molecule has 2 aromatic carbocycles. The van der Waals surface area contributed by atoms with E-state index in [4.69, 9.17) is 0 Å². The molecule has 0 fully saturated rings. The lowest BCUT2D eigenvalue weighted by Gasteiger charge is -2.19. The Morgan fingerprint density at radius 3 is 2.40 bits per heavy atom. The largest absolute Gasteiger partial charge is 0.375 e. The van der Waals surface area contributed by atoms with Crippen molar-refractivity contribution in [2.45, 2.75) is 13.3 Å². The lowest BCUT2D eigenvalue weighted by Crippen LogP contribution is -2.29. The van der Waals surface area contributed by atoms with Gasteiger partial charge in [0.2, 0.25) is 0 Å². The number of nitrogens with zero attached hydrogens (tertiary/aromatic N) is 2. The summed E-state index contributed by atoms with van der Waals surface area (Å²) in [5.41, 5.74) is 3.44. The molecule has 0 radical (unpaired) electrons. The number of nitrogens with one attached hydrogen (secondary N) is 2. The molecular formula is C24H26N4O2. The fourth-order valence-electron chi connectivity index (χ4n) is 3.14. The van der Waals surface area contributed by atoms with Crippen molar-refractivity contribution in [1.82, 2.24) is 10.3 Å². The van der Waals surface area contributed by atoms with E-state index in [0.29, 0.717) is 23.4 Å². The first-order chi connectivity index (χ1) is 14.6. The third-order valence-corrected chi connectivity index (χ3v) is 4.85.